The lowest BCUT2D eigenvalue weighted by atomic mass is 9.87. The number of nitrogens with one attached hydrogen (secondary N) is 1. The molecule has 0 saturated heterocycles. The second-order valence-electron chi connectivity index (χ2n) is 4.82. The fourth-order valence-electron chi connectivity index (χ4n) is 2.29. The molecule has 4 heteroatoms. The predicted octanol–water partition coefficient (Wildman–Crippen LogP) is 3.78. The van der Waals surface area contributed by atoms with E-state index in [4.69, 9.17) is 0 Å². The van der Waals surface area contributed by atoms with Crippen LogP contribution in [-0.2, 0) is 4.79 Å². The lowest BCUT2D eigenvalue weighted by Crippen LogP contribution is -2.32. The molecule has 1 aromatic rings. The number of carbonyl (C=O) groups is 1. The summed E-state index contributed by atoms with van der Waals surface area (Å²) in [5, 5.41) is 12.1. The van der Waals surface area contributed by atoms with Crippen LogP contribution in [0.1, 0.15) is 31.2 Å². The van der Waals surface area contributed by atoms with Gasteiger partial charge in [0.15, 0.2) is 0 Å². The second-order valence-corrected chi connectivity index (χ2v) is 5.67. The van der Waals surface area contributed by atoms with Gasteiger partial charge < -0.3 is 5.32 Å². The largest absolute Gasteiger partial charge is 0.325 e. The van der Waals surface area contributed by atoms with Crippen molar-refractivity contribution in [3.05, 3.63) is 28.2 Å². The number of aryl methyl sites for hydroxylation is 1. The zero-order chi connectivity index (χ0) is 13.2. The highest BCUT2D eigenvalue weighted by atomic mass is 79.9. The first kappa shape index (κ1) is 13.1. The molecule has 1 amide bonds. The van der Waals surface area contributed by atoms with E-state index in [9.17, 15) is 10.1 Å². The van der Waals surface area contributed by atoms with Crippen molar-refractivity contribution in [1.82, 2.24) is 0 Å². The summed E-state index contributed by atoms with van der Waals surface area (Å²) in [5.74, 6) is -0.168. The Morgan fingerprint density at radius 3 is 2.67 bits per heavy atom. The number of anilines is 1. The minimum absolute atomic E-state index is 0.168. The number of halogens is 1. The van der Waals surface area contributed by atoms with E-state index >= 15 is 0 Å². The monoisotopic (exact) mass is 306 g/mol. The number of benzene rings is 1. The molecule has 1 aliphatic carbocycles. The van der Waals surface area contributed by atoms with Gasteiger partial charge in [-0.15, -0.1) is 0 Å². The molecule has 0 heterocycles. The highest BCUT2D eigenvalue weighted by Crippen LogP contribution is 2.38. The summed E-state index contributed by atoms with van der Waals surface area (Å²) in [7, 11) is 0. The molecule has 1 fully saturated rings. The third-order valence-corrected chi connectivity index (χ3v) is 4.39. The average Bonchev–Trinajstić information content (AvgIpc) is 2.84. The Labute approximate surface area is 115 Å². The summed E-state index contributed by atoms with van der Waals surface area (Å²) in [4.78, 5) is 12.2. The van der Waals surface area contributed by atoms with Crippen LogP contribution in [0.2, 0.25) is 0 Å². The van der Waals surface area contributed by atoms with E-state index in [-0.39, 0.29) is 5.91 Å². The predicted molar refractivity (Wildman–Crippen MR) is 74.0 cm³/mol. The number of nitrogens with zero attached hydrogens (tertiary/aromatic N) is 1. The van der Waals surface area contributed by atoms with Crippen molar-refractivity contribution in [2.24, 2.45) is 5.41 Å². The van der Waals surface area contributed by atoms with E-state index in [0.717, 1.165) is 28.6 Å². The van der Waals surface area contributed by atoms with Gasteiger partial charge in [-0.2, -0.15) is 5.26 Å². The van der Waals surface area contributed by atoms with Gasteiger partial charge in [0.25, 0.3) is 0 Å². The molecule has 0 atom stereocenters. The van der Waals surface area contributed by atoms with Crippen LogP contribution in [0.3, 0.4) is 0 Å². The van der Waals surface area contributed by atoms with E-state index in [1.165, 1.54) is 0 Å². The van der Waals surface area contributed by atoms with Crippen LogP contribution in [0.25, 0.3) is 0 Å². The molecule has 0 bridgehead atoms. The second kappa shape index (κ2) is 5.11. The first-order valence-corrected chi connectivity index (χ1v) is 6.85. The number of carbonyl (C=O) groups excluding carboxylic acids is 1. The van der Waals surface area contributed by atoms with Crippen LogP contribution < -0.4 is 5.32 Å². The molecule has 1 saturated carbocycles. The van der Waals surface area contributed by atoms with E-state index in [1.807, 2.05) is 25.1 Å². The minimum Gasteiger partial charge on any atom is -0.325 e. The van der Waals surface area contributed by atoms with Crippen molar-refractivity contribution in [3.63, 3.8) is 0 Å². The van der Waals surface area contributed by atoms with Gasteiger partial charge in [0.1, 0.15) is 5.41 Å². The summed E-state index contributed by atoms with van der Waals surface area (Å²) >= 11 is 3.43. The molecule has 0 aromatic heterocycles. The van der Waals surface area contributed by atoms with Gasteiger partial charge in [-0.3, -0.25) is 4.79 Å². The maximum Gasteiger partial charge on any atom is 0.244 e. The van der Waals surface area contributed by atoms with Gasteiger partial charge in [-0.25, -0.2) is 0 Å². The molecule has 94 valence electrons. The SMILES string of the molecule is Cc1ccc(NC(=O)C2(C#N)CCCC2)cc1Br. The van der Waals surface area contributed by atoms with Crippen molar-refractivity contribution in [2.45, 2.75) is 32.6 Å². The average molecular weight is 307 g/mol. The summed E-state index contributed by atoms with van der Waals surface area (Å²) in [6, 6.07) is 7.87. The van der Waals surface area contributed by atoms with Crippen LogP contribution in [0.15, 0.2) is 22.7 Å². The number of nitriles is 1. The summed E-state index contributed by atoms with van der Waals surface area (Å²) in [5.41, 5.74) is 1.03. The number of amides is 1. The van der Waals surface area contributed by atoms with Crippen molar-refractivity contribution in [1.29, 1.82) is 5.26 Å². The van der Waals surface area contributed by atoms with Crippen LogP contribution in [0, 0.1) is 23.7 Å². The van der Waals surface area contributed by atoms with Gasteiger partial charge in [-0.1, -0.05) is 34.8 Å². The standard InChI is InChI=1S/C14H15BrN2O/c1-10-4-5-11(8-12(10)15)17-13(18)14(9-16)6-2-3-7-14/h4-5,8H,2-3,6-7H2,1H3,(H,17,18). The van der Waals surface area contributed by atoms with Crippen LogP contribution in [0.4, 0.5) is 5.69 Å². The zero-order valence-electron chi connectivity index (χ0n) is 10.3. The van der Waals surface area contributed by atoms with Crippen molar-refractivity contribution < 1.29 is 4.79 Å². The van der Waals surface area contributed by atoms with E-state index in [2.05, 4.69) is 27.3 Å². The Morgan fingerprint density at radius 1 is 1.44 bits per heavy atom. The van der Waals surface area contributed by atoms with Crippen LogP contribution in [0.5, 0.6) is 0 Å². The van der Waals surface area contributed by atoms with Gasteiger partial charge in [-0.05, 0) is 37.5 Å². The maximum atomic E-state index is 12.2. The normalized spacial score (nSPS) is 17.2. The van der Waals surface area contributed by atoms with Crippen LogP contribution in [-0.4, -0.2) is 5.91 Å². The molecule has 18 heavy (non-hydrogen) atoms. The summed E-state index contributed by atoms with van der Waals surface area (Å²) in [6.45, 7) is 1.99. The Morgan fingerprint density at radius 2 is 2.11 bits per heavy atom. The molecular formula is C14H15BrN2O. The van der Waals surface area contributed by atoms with Gasteiger partial charge in [0.05, 0.1) is 6.07 Å². The lowest BCUT2D eigenvalue weighted by molar-refractivity contribution is -0.122. The van der Waals surface area contributed by atoms with E-state index in [1.54, 1.807) is 0 Å². The lowest BCUT2D eigenvalue weighted by Gasteiger charge is -2.19. The molecule has 0 unspecified atom stereocenters. The summed E-state index contributed by atoms with van der Waals surface area (Å²) < 4.78 is 0.956. The maximum absolute atomic E-state index is 12.2. The Balaban J connectivity index is 2.16. The fourth-order valence-corrected chi connectivity index (χ4v) is 2.67. The van der Waals surface area contributed by atoms with Gasteiger partial charge >= 0.3 is 0 Å². The first-order chi connectivity index (χ1) is 8.57. The molecule has 1 N–H and O–H groups in total. The van der Waals surface area contributed by atoms with E-state index < -0.39 is 5.41 Å². The van der Waals surface area contributed by atoms with Gasteiger partial charge in [0.2, 0.25) is 5.91 Å². The quantitative estimate of drug-likeness (QED) is 0.904. The fraction of sp³-hybridized carbons (Fsp3) is 0.429. The number of rotatable bonds is 2. The van der Waals surface area contributed by atoms with Crippen molar-refractivity contribution in [3.8, 4) is 6.07 Å². The number of hydrogen-bond acceptors (Lipinski definition) is 2. The van der Waals surface area contributed by atoms with Crippen molar-refractivity contribution in [2.75, 3.05) is 5.32 Å². The highest BCUT2D eigenvalue weighted by molar-refractivity contribution is 9.10. The first-order valence-electron chi connectivity index (χ1n) is 6.06. The zero-order valence-corrected chi connectivity index (χ0v) is 11.9. The minimum atomic E-state index is -0.822. The van der Waals surface area contributed by atoms with Gasteiger partial charge in [0, 0.05) is 10.2 Å². The third kappa shape index (κ3) is 2.41. The molecular weight excluding hydrogens is 292 g/mol. The third-order valence-electron chi connectivity index (χ3n) is 3.54. The topological polar surface area (TPSA) is 52.9 Å². The van der Waals surface area contributed by atoms with Crippen molar-refractivity contribution >= 4 is 27.5 Å². The van der Waals surface area contributed by atoms with Crippen LogP contribution >= 0.6 is 15.9 Å². The Bertz CT molecular complexity index is 513. The highest BCUT2D eigenvalue weighted by Gasteiger charge is 2.41. The summed E-state index contributed by atoms with van der Waals surface area (Å²) in [6.07, 6.45) is 3.25. The van der Waals surface area contributed by atoms with E-state index in [0.29, 0.717) is 12.8 Å². The molecule has 0 aliphatic heterocycles. The molecule has 2 rings (SSSR count). The smallest absolute Gasteiger partial charge is 0.244 e. The number of hydrogen-bond donors (Lipinski definition) is 1. The molecule has 1 aliphatic rings. The Hall–Kier alpha value is -1.34. The Kier molecular flexibility index (Phi) is 3.72. The molecule has 0 radical (unpaired) electrons. The molecule has 3 nitrogen and oxygen atoms in total. The molecule has 1 aromatic carbocycles. The molecule has 0 spiro atoms.